The summed E-state index contributed by atoms with van der Waals surface area (Å²) >= 11 is 1.49. The van der Waals surface area contributed by atoms with E-state index in [0.717, 1.165) is 4.90 Å². The van der Waals surface area contributed by atoms with Crippen molar-refractivity contribution >= 4 is 23.6 Å². The molecule has 0 radical (unpaired) electrons. The molecule has 0 bridgehead atoms. The Kier molecular flexibility index (Phi) is 7.29. The van der Waals surface area contributed by atoms with E-state index < -0.39 is 5.97 Å². The van der Waals surface area contributed by atoms with Gasteiger partial charge < -0.3 is 10.0 Å². The molecule has 0 fully saturated rings. The first kappa shape index (κ1) is 17.6. The number of rotatable bonds is 8. The van der Waals surface area contributed by atoms with Crippen LogP contribution in [0, 0.1) is 0 Å². The summed E-state index contributed by atoms with van der Waals surface area (Å²) in [5.74, 6) is -0.0544. The molecule has 5 heteroatoms. The van der Waals surface area contributed by atoms with Gasteiger partial charge in [-0.2, -0.15) is 0 Å². The molecule has 21 heavy (non-hydrogen) atoms. The fraction of sp³-hybridized carbons (Fsp3) is 0.500. The molecule has 0 aliphatic rings. The number of carbonyl (C=O) groups excluding carboxylic acids is 1. The number of carboxylic acids is 1. The molecule has 0 aliphatic carbocycles. The molecule has 4 nitrogen and oxygen atoms in total. The summed E-state index contributed by atoms with van der Waals surface area (Å²) in [7, 11) is 0. The molecule has 0 aromatic heterocycles. The van der Waals surface area contributed by atoms with Crippen molar-refractivity contribution in [1.82, 2.24) is 4.90 Å². The van der Waals surface area contributed by atoms with Gasteiger partial charge in [0.05, 0.1) is 12.2 Å². The summed E-state index contributed by atoms with van der Waals surface area (Å²) in [6, 6.07) is 8.22. The molecule has 0 spiro atoms. The number of hydrogen-bond donors (Lipinski definition) is 1. The first-order chi connectivity index (χ1) is 9.93. The topological polar surface area (TPSA) is 57.6 Å². The lowest BCUT2D eigenvalue weighted by Crippen LogP contribution is -2.34. The Balaban J connectivity index is 2.48. The molecule has 0 saturated carbocycles. The average molecular weight is 309 g/mol. The molecule has 0 unspecified atom stereocenters. The van der Waals surface area contributed by atoms with Crippen LogP contribution in [0.4, 0.5) is 0 Å². The van der Waals surface area contributed by atoms with Crippen molar-refractivity contribution in [2.45, 2.75) is 38.0 Å². The normalized spacial score (nSPS) is 10.7. The summed E-state index contributed by atoms with van der Waals surface area (Å²) in [4.78, 5) is 25.3. The minimum atomic E-state index is -0.877. The lowest BCUT2D eigenvalue weighted by atomic mass is 10.0. The first-order valence-electron chi connectivity index (χ1n) is 7.16. The summed E-state index contributed by atoms with van der Waals surface area (Å²) in [5.41, 5.74) is 1.28. The standard InChI is InChI=1S/C16H23NO3S/c1-4-17(10-9-16(19)20)15(18)11-21-14-7-5-13(6-8-14)12(2)3/h5-8,12H,4,9-11H2,1-3H3,(H,19,20). The van der Waals surface area contributed by atoms with Crippen molar-refractivity contribution in [1.29, 1.82) is 0 Å². The molecule has 1 N–H and O–H groups in total. The Morgan fingerprint density at radius 1 is 1.24 bits per heavy atom. The van der Waals surface area contributed by atoms with Gasteiger partial charge in [0.25, 0.3) is 0 Å². The lowest BCUT2D eigenvalue weighted by Gasteiger charge is -2.19. The number of benzene rings is 1. The summed E-state index contributed by atoms with van der Waals surface area (Å²) in [5, 5.41) is 8.68. The van der Waals surface area contributed by atoms with Crippen LogP contribution < -0.4 is 0 Å². The second-order valence-electron chi connectivity index (χ2n) is 5.13. The Morgan fingerprint density at radius 2 is 1.86 bits per heavy atom. The van der Waals surface area contributed by atoms with Crippen molar-refractivity contribution in [3.63, 3.8) is 0 Å². The highest BCUT2D eigenvalue weighted by Gasteiger charge is 2.13. The lowest BCUT2D eigenvalue weighted by molar-refractivity contribution is -0.138. The maximum absolute atomic E-state index is 12.0. The number of amides is 1. The fourth-order valence-corrected chi connectivity index (χ4v) is 2.68. The molecule has 0 heterocycles. The first-order valence-corrected chi connectivity index (χ1v) is 8.15. The zero-order chi connectivity index (χ0) is 15.8. The zero-order valence-electron chi connectivity index (χ0n) is 12.8. The molecule has 1 aromatic rings. The molecular weight excluding hydrogens is 286 g/mol. The second kappa shape index (κ2) is 8.72. The van der Waals surface area contributed by atoms with Crippen LogP contribution in [0.2, 0.25) is 0 Å². The van der Waals surface area contributed by atoms with Crippen molar-refractivity contribution in [3.8, 4) is 0 Å². The van der Waals surface area contributed by atoms with Crippen molar-refractivity contribution < 1.29 is 14.7 Å². The third-order valence-electron chi connectivity index (χ3n) is 3.24. The van der Waals surface area contributed by atoms with Crippen LogP contribution >= 0.6 is 11.8 Å². The molecule has 1 rings (SSSR count). The monoisotopic (exact) mass is 309 g/mol. The number of aliphatic carboxylic acids is 1. The number of hydrogen-bond acceptors (Lipinski definition) is 3. The van der Waals surface area contributed by atoms with E-state index in [0.29, 0.717) is 18.2 Å². The minimum Gasteiger partial charge on any atom is -0.481 e. The molecule has 1 aromatic carbocycles. The van der Waals surface area contributed by atoms with Crippen molar-refractivity contribution in [3.05, 3.63) is 29.8 Å². The number of thioether (sulfide) groups is 1. The molecule has 0 saturated heterocycles. The minimum absolute atomic E-state index is 0.00661. The Labute approximate surface area is 130 Å². The molecule has 0 aliphatic heterocycles. The number of carboxylic acid groups (broad SMARTS) is 1. The quantitative estimate of drug-likeness (QED) is 0.749. The summed E-state index contributed by atoms with van der Waals surface area (Å²) in [6.45, 7) is 6.97. The average Bonchev–Trinajstić information content (AvgIpc) is 2.45. The SMILES string of the molecule is CCN(CCC(=O)O)C(=O)CSc1ccc(C(C)C)cc1. The molecular formula is C16H23NO3S. The van der Waals surface area contributed by atoms with E-state index in [9.17, 15) is 9.59 Å². The van der Waals surface area contributed by atoms with Gasteiger partial charge in [-0.05, 0) is 30.5 Å². The maximum atomic E-state index is 12.0. The van der Waals surface area contributed by atoms with E-state index in [-0.39, 0.29) is 18.9 Å². The third-order valence-corrected chi connectivity index (χ3v) is 4.24. The second-order valence-corrected chi connectivity index (χ2v) is 6.18. The van der Waals surface area contributed by atoms with Gasteiger partial charge >= 0.3 is 5.97 Å². The predicted molar refractivity (Wildman–Crippen MR) is 85.8 cm³/mol. The van der Waals surface area contributed by atoms with Gasteiger partial charge in [-0.15, -0.1) is 11.8 Å². The van der Waals surface area contributed by atoms with Gasteiger partial charge in [0.2, 0.25) is 5.91 Å². The predicted octanol–water partition coefficient (Wildman–Crippen LogP) is 3.23. The van der Waals surface area contributed by atoms with Gasteiger partial charge in [-0.25, -0.2) is 0 Å². The summed E-state index contributed by atoms with van der Waals surface area (Å²) in [6.07, 6.45) is -0.00661. The molecule has 0 atom stereocenters. The Morgan fingerprint density at radius 3 is 2.33 bits per heavy atom. The summed E-state index contributed by atoms with van der Waals surface area (Å²) < 4.78 is 0. The smallest absolute Gasteiger partial charge is 0.305 e. The van der Waals surface area contributed by atoms with Gasteiger partial charge in [0.1, 0.15) is 0 Å². The van der Waals surface area contributed by atoms with Crippen LogP contribution in [0.5, 0.6) is 0 Å². The zero-order valence-corrected chi connectivity index (χ0v) is 13.7. The van der Waals surface area contributed by atoms with Crippen LogP contribution in [0.15, 0.2) is 29.2 Å². The van der Waals surface area contributed by atoms with Crippen molar-refractivity contribution in [2.75, 3.05) is 18.8 Å². The highest BCUT2D eigenvalue weighted by molar-refractivity contribution is 8.00. The molecule has 1 amide bonds. The highest BCUT2D eigenvalue weighted by Crippen LogP contribution is 2.22. The van der Waals surface area contributed by atoms with Gasteiger partial charge in [-0.3, -0.25) is 9.59 Å². The van der Waals surface area contributed by atoms with Crippen LogP contribution in [-0.4, -0.2) is 40.7 Å². The van der Waals surface area contributed by atoms with E-state index in [1.54, 1.807) is 4.90 Å². The van der Waals surface area contributed by atoms with Gasteiger partial charge in [-0.1, -0.05) is 26.0 Å². The van der Waals surface area contributed by atoms with E-state index >= 15 is 0 Å². The van der Waals surface area contributed by atoms with Gasteiger partial charge in [0, 0.05) is 18.0 Å². The Hall–Kier alpha value is -1.49. The van der Waals surface area contributed by atoms with Crippen LogP contribution in [0.3, 0.4) is 0 Å². The highest BCUT2D eigenvalue weighted by atomic mass is 32.2. The number of nitrogens with zero attached hydrogens (tertiary/aromatic N) is 1. The van der Waals surface area contributed by atoms with Gasteiger partial charge in [0.15, 0.2) is 0 Å². The van der Waals surface area contributed by atoms with E-state index in [1.165, 1.54) is 17.3 Å². The van der Waals surface area contributed by atoms with Crippen LogP contribution in [0.1, 0.15) is 38.7 Å². The number of carbonyl (C=O) groups is 2. The van der Waals surface area contributed by atoms with Crippen LogP contribution in [-0.2, 0) is 9.59 Å². The van der Waals surface area contributed by atoms with Crippen LogP contribution in [0.25, 0.3) is 0 Å². The van der Waals surface area contributed by atoms with Crippen molar-refractivity contribution in [2.24, 2.45) is 0 Å². The maximum Gasteiger partial charge on any atom is 0.305 e. The Bertz CT molecular complexity index is 471. The largest absolute Gasteiger partial charge is 0.481 e. The van der Waals surface area contributed by atoms with E-state index in [4.69, 9.17) is 5.11 Å². The third kappa shape index (κ3) is 6.21. The van der Waals surface area contributed by atoms with E-state index in [1.807, 2.05) is 19.1 Å². The van der Waals surface area contributed by atoms with E-state index in [2.05, 4.69) is 26.0 Å². The fourth-order valence-electron chi connectivity index (χ4n) is 1.88. The molecule has 116 valence electrons.